The average molecular weight is 262 g/mol. The standard InChI is InChI=1S/C13H18N4S/c1-2-10-3-4-12(18-10)11-7-13(17-16-11)15-9-5-6-14-8-9/h3-4,7,9,14H,2,5-6,8H2,1H3,(H2,15,16,17). The zero-order valence-corrected chi connectivity index (χ0v) is 11.3. The molecule has 96 valence electrons. The molecule has 0 radical (unpaired) electrons. The van der Waals surface area contributed by atoms with Gasteiger partial charge in [-0.2, -0.15) is 5.10 Å². The van der Waals surface area contributed by atoms with E-state index in [0.29, 0.717) is 6.04 Å². The van der Waals surface area contributed by atoms with Gasteiger partial charge < -0.3 is 10.6 Å². The van der Waals surface area contributed by atoms with Gasteiger partial charge in [-0.1, -0.05) is 6.92 Å². The fourth-order valence-corrected chi connectivity index (χ4v) is 3.14. The van der Waals surface area contributed by atoms with Gasteiger partial charge in [0.25, 0.3) is 0 Å². The molecule has 3 heterocycles. The molecule has 0 bridgehead atoms. The van der Waals surface area contributed by atoms with Crippen LogP contribution in [0.15, 0.2) is 18.2 Å². The predicted molar refractivity (Wildman–Crippen MR) is 76.2 cm³/mol. The number of nitrogens with zero attached hydrogens (tertiary/aromatic N) is 1. The second-order valence-corrected chi connectivity index (χ2v) is 5.79. The highest BCUT2D eigenvalue weighted by atomic mass is 32.1. The maximum Gasteiger partial charge on any atom is 0.148 e. The van der Waals surface area contributed by atoms with Gasteiger partial charge in [0.15, 0.2) is 0 Å². The smallest absolute Gasteiger partial charge is 0.148 e. The lowest BCUT2D eigenvalue weighted by atomic mass is 10.2. The first-order valence-corrected chi connectivity index (χ1v) is 7.28. The summed E-state index contributed by atoms with van der Waals surface area (Å²) < 4.78 is 0. The van der Waals surface area contributed by atoms with Crippen LogP contribution >= 0.6 is 11.3 Å². The van der Waals surface area contributed by atoms with Crippen molar-refractivity contribution in [2.45, 2.75) is 25.8 Å². The van der Waals surface area contributed by atoms with Crippen LogP contribution in [0.5, 0.6) is 0 Å². The molecule has 1 unspecified atom stereocenters. The first-order valence-electron chi connectivity index (χ1n) is 6.47. The summed E-state index contributed by atoms with van der Waals surface area (Å²) in [6, 6.07) is 6.96. The van der Waals surface area contributed by atoms with Gasteiger partial charge in [-0.05, 0) is 31.5 Å². The first-order chi connectivity index (χ1) is 8.85. The predicted octanol–water partition coefficient (Wildman–Crippen LogP) is 2.47. The highest BCUT2D eigenvalue weighted by Gasteiger charge is 2.15. The monoisotopic (exact) mass is 262 g/mol. The molecule has 4 nitrogen and oxygen atoms in total. The third-order valence-corrected chi connectivity index (χ3v) is 4.53. The van der Waals surface area contributed by atoms with Crippen molar-refractivity contribution in [2.75, 3.05) is 18.4 Å². The molecule has 2 aromatic heterocycles. The van der Waals surface area contributed by atoms with Crippen LogP contribution in [-0.2, 0) is 6.42 Å². The Bertz CT molecular complexity index is 511. The van der Waals surface area contributed by atoms with Gasteiger partial charge in [-0.25, -0.2) is 0 Å². The van der Waals surface area contributed by atoms with E-state index in [1.807, 2.05) is 11.3 Å². The van der Waals surface area contributed by atoms with Crippen molar-refractivity contribution in [1.82, 2.24) is 15.5 Å². The highest BCUT2D eigenvalue weighted by molar-refractivity contribution is 7.15. The minimum absolute atomic E-state index is 0.510. The number of hydrogen-bond acceptors (Lipinski definition) is 4. The van der Waals surface area contributed by atoms with E-state index in [4.69, 9.17) is 0 Å². The van der Waals surface area contributed by atoms with E-state index in [0.717, 1.165) is 31.0 Å². The Kier molecular flexibility index (Phi) is 3.34. The average Bonchev–Trinajstić information content (AvgIpc) is 3.09. The Labute approximate surface area is 111 Å². The Morgan fingerprint density at radius 2 is 2.44 bits per heavy atom. The van der Waals surface area contributed by atoms with E-state index < -0.39 is 0 Å². The van der Waals surface area contributed by atoms with Crippen LogP contribution < -0.4 is 10.6 Å². The Balaban J connectivity index is 1.72. The van der Waals surface area contributed by atoms with E-state index in [2.05, 4.69) is 46.0 Å². The Morgan fingerprint density at radius 1 is 1.50 bits per heavy atom. The van der Waals surface area contributed by atoms with Crippen molar-refractivity contribution in [3.05, 3.63) is 23.1 Å². The minimum Gasteiger partial charge on any atom is -0.365 e. The van der Waals surface area contributed by atoms with E-state index >= 15 is 0 Å². The molecular weight excluding hydrogens is 244 g/mol. The third kappa shape index (κ3) is 2.42. The van der Waals surface area contributed by atoms with Crippen LogP contribution in [0.25, 0.3) is 10.6 Å². The Morgan fingerprint density at radius 3 is 3.17 bits per heavy atom. The lowest BCUT2D eigenvalue weighted by molar-refractivity contribution is 0.786. The number of rotatable bonds is 4. The quantitative estimate of drug-likeness (QED) is 0.793. The summed E-state index contributed by atoms with van der Waals surface area (Å²) in [4.78, 5) is 2.67. The number of H-pyrrole nitrogens is 1. The van der Waals surface area contributed by atoms with Crippen LogP contribution in [0.3, 0.4) is 0 Å². The number of aromatic amines is 1. The van der Waals surface area contributed by atoms with Crippen molar-refractivity contribution in [1.29, 1.82) is 0 Å². The fraction of sp³-hybridized carbons (Fsp3) is 0.462. The SMILES string of the molecule is CCc1ccc(-c2cc(NC3CCNC3)n[nH]2)s1. The molecule has 1 saturated heterocycles. The topological polar surface area (TPSA) is 52.7 Å². The van der Waals surface area contributed by atoms with Crippen molar-refractivity contribution in [3.8, 4) is 10.6 Å². The highest BCUT2D eigenvalue weighted by Crippen LogP contribution is 2.28. The van der Waals surface area contributed by atoms with Gasteiger partial charge in [0, 0.05) is 23.5 Å². The van der Waals surface area contributed by atoms with Gasteiger partial charge in [0.2, 0.25) is 0 Å². The van der Waals surface area contributed by atoms with E-state index in [9.17, 15) is 0 Å². The number of hydrogen-bond donors (Lipinski definition) is 3. The van der Waals surface area contributed by atoms with Crippen molar-refractivity contribution in [2.24, 2.45) is 0 Å². The molecule has 0 amide bonds. The normalized spacial score (nSPS) is 19.3. The van der Waals surface area contributed by atoms with E-state index in [1.54, 1.807) is 0 Å². The molecule has 1 atom stereocenters. The summed E-state index contributed by atoms with van der Waals surface area (Å²) >= 11 is 1.83. The second kappa shape index (κ2) is 5.12. The number of anilines is 1. The molecule has 1 aliphatic rings. The maximum absolute atomic E-state index is 4.33. The largest absolute Gasteiger partial charge is 0.365 e. The number of aromatic nitrogens is 2. The Hall–Kier alpha value is -1.33. The van der Waals surface area contributed by atoms with Crippen molar-refractivity contribution >= 4 is 17.2 Å². The summed E-state index contributed by atoms with van der Waals surface area (Å²) in [6.45, 7) is 4.31. The molecule has 2 aromatic rings. The van der Waals surface area contributed by atoms with Crippen molar-refractivity contribution in [3.63, 3.8) is 0 Å². The summed E-state index contributed by atoms with van der Waals surface area (Å²) in [6.07, 6.45) is 2.26. The van der Waals surface area contributed by atoms with Gasteiger partial charge in [0.1, 0.15) is 5.82 Å². The lowest BCUT2D eigenvalue weighted by Crippen LogP contribution is -2.22. The molecule has 0 saturated carbocycles. The van der Waals surface area contributed by atoms with Gasteiger partial charge in [-0.15, -0.1) is 11.3 Å². The van der Waals surface area contributed by atoms with E-state index in [-0.39, 0.29) is 0 Å². The van der Waals surface area contributed by atoms with Crippen molar-refractivity contribution < 1.29 is 0 Å². The van der Waals surface area contributed by atoms with Crippen LogP contribution in [0.1, 0.15) is 18.2 Å². The number of aryl methyl sites for hydroxylation is 1. The van der Waals surface area contributed by atoms with Crippen LogP contribution in [0.4, 0.5) is 5.82 Å². The zero-order valence-electron chi connectivity index (χ0n) is 10.5. The molecule has 0 aromatic carbocycles. The third-order valence-electron chi connectivity index (χ3n) is 3.27. The minimum atomic E-state index is 0.510. The lowest BCUT2D eigenvalue weighted by Gasteiger charge is -2.08. The summed E-state index contributed by atoms with van der Waals surface area (Å²) in [5, 5.41) is 14.2. The molecular formula is C13H18N4S. The number of thiophene rings is 1. The van der Waals surface area contributed by atoms with Crippen LogP contribution in [-0.4, -0.2) is 29.3 Å². The fourth-order valence-electron chi connectivity index (χ4n) is 2.22. The molecule has 0 aliphatic carbocycles. The molecule has 3 N–H and O–H groups in total. The zero-order chi connectivity index (χ0) is 12.4. The summed E-state index contributed by atoms with van der Waals surface area (Å²) in [5.74, 6) is 0.949. The van der Waals surface area contributed by atoms with Gasteiger partial charge >= 0.3 is 0 Å². The van der Waals surface area contributed by atoms with E-state index in [1.165, 1.54) is 16.2 Å². The summed E-state index contributed by atoms with van der Waals surface area (Å²) in [5.41, 5.74) is 1.10. The molecule has 18 heavy (non-hydrogen) atoms. The molecule has 0 spiro atoms. The van der Waals surface area contributed by atoms with Crippen LogP contribution in [0.2, 0.25) is 0 Å². The van der Waals surface area contributed by atoms with Crippen LogP contribution in [0, 0.1) is 0 Å². The van der Waals surface area contributed by atoms with Gasteiger partial charge in [0.05, 0.1) is 10.6 Å². The number of nitrogens with one attached hydrogen (secondary N) is 3. The second-order valence-electron chi connectivity index (χ2n) is 4.62. The molecule has 5 heteroatoms. The first kappa shape index (κ1) is 11.7. The molecule has 1 fully saturated rings. The molecule has 3 rings (SSSR count). The molecule has 1 aliphatic heterocycles. The van der Waals surface area contributed by atoms with Gasteiger partial charge in [-0.3, -0.25) is 5.10 Å². The maximum atomic E-state index is 4.33. The summed E-state index contributed by atoms with van der Waals surface area (Å²) in [7, 11) is 0.